The molecule has 0 bridgehead atoms. The van der Waals surface area contributed by atoms with Crippen LogP contribution in [0.25, 0.3) is 22.1 Å². The summed E-state index contributed by atoms with van der Waals surface area (Å²) < 4.78 is 16.5. The number of ether oxygens (including phenoxy) is 2. The maximum Gasteiger partial charge on any atom is 0.344 e. The third kappa shape index (κ3) is 4.12. The van der Waals surface area contributed by atoms with Gasteiger partial charge in [-0.1, -0.05) is 18.9 Å². The summed E-state index contributed by atoms with van der Waals surface area (Å²) in [6.45, 7) is 4.46. The second-order valence-electron chi connectivity index (χ2n) is 8.09. The summed E-state index contributed by atoms with van der Waals surface area (Å²) in [7, 11) is 3.14. The van der Waals surface area contributed by atoms with Gasteiger partial charge < -0.3 is 19.0 Å². The predicted octanol–water partition coefficient (Wildman–Crippen LogP) is 4.87. The Morgan fingerprint density at radius 1 is 1.00 bits per heavy atom. The number of benzene rings is 2. The lowest BCUT2D eigenvalue weighted by Gasteiger charge is -2.21. The van der Waals surface area contributed by atoms with E-state index in [-0.39, 0.29) is 5.75 Å². The van der Waals surface area contributed by atoms with Crippen molar-refractivity contribution in [2.75, 3.05) is 27.3 Å². The number of aryl methyl sites for hydroxylation is 1. The quantitative estimate of drug-likeness (QED) is 0.591. The first-order valence-electron chi connectivity index (χ1n) is 10.8. The maximum absolute atomic E-state index is 13.1. The fourth-order valence-electron chi connectivity index (χ4n) is 4.46. The van der Waals surface area contributed by atoms with Gasteiger partial charge >= 0.3 is 5.63 Å². The predicted molar refractivity (Wildman–Crippen MR) is 121 cm³/mol. The number of fused-ring (bicyclic) bond motifs is 1. The second-order valence-corrected chi connectivity index (χ2v) is 8.09. The van der Waals surface area contributed by atoms with E-state index in [2.05, 4.69) is 4.90 Å². The molecule has 0 unspecified atom stereocenters. The summed E-state index contributed by atoms with van der Waals surface area (Å²) in [4.78, 5) is 15.4. The number of methoxy groups -OCH3 is 2. The molecule has 3 aromatic rings. The lowest BCUT2D eigenvalue weighted by atomic mass is 9.97. The van der Waals surface area contributed by atoms with Crippen molar-refractivity contribution >= 4 is 11.0 Å². The third-order valence-corrected chi connectivity index (χ3v) is 6.17. The van der Waals surface area contributed by atoms with Crippen LogP contribution in [0.5, 0.6) is 17.2 Å². The number of aromatic hydroxyl groups is 1. The Labute approximate surface area is 182 Å². The van der Waals surface area contributed by atoms with Crippen LogP contribution in [0.3, 0.4) is 0 Å². The molecular formula is C25H29NO5. The number of hydrogen-bond donors (Lipinski definition) is 1. The molecule has 2 heterocycles. The highest BCUT2D eigenvalue weighted by molar-refractivity contribution is 5.90. The molecule has 4 rings (SSSR count). The summed E-state index contributed by atoms with van der Waals surface area (Å²) in [6, 6.07) is 8.90. The fourth-order valence-corrected chi connectivity index (χ4v) is 4.46. The average Bonchev–Trinajstić information content (AvgIpc) is 3.04. The summed E-state index contributed by atoms with van der Waals surface area (Å²) in [5.74, 6) is 1.31. The summed E-state index contributed by atoms with van der Waals surface area (Å²) in [6.07, 6.45) is 4.78. The fraction of sp³-hybridized carbons (Fsp3) is 0.400. The molecule has 1 aromatic heterocycles. The highest BCUT2D eigenvalue weighted by atomic mass is 16.5. The summed E-state index contributed by atoms with van der Waals surface area (Å²) in [5, 5.41) is 11.4. The minimum absolute atomic E-state index is 0.165. The summed E-state index contributed by atoms with van der Waals surface area (Å²) in [5.41, 5.74) is 2.72. The van der Waals surface area contributed by atoms with Gasteiger partial charge in [-0.3, -0.25) is 4.90 Å². The minimum Gasteiger partial charge on any atom is -0.507 e. The Kier molecular flexibility index (Phi) is 6.18. The van der Waals surface area contributed by atoms with Crippen LogP contribution in [0, 0.1) is 6.92 Å². The molecule has 6 nitrogen and oxygen atoms in total. The lowest BCUT2D eigenvalue weighted by molar-refractivity contribution is 0.272. The molecule has 1 N–H and O–H groups in total. The van der Waals surface area contributed by atoms with Crippen molar-refractivity contribution in [3.8, 4) is 28.4 Å². The van der Waals surface area contributed by atoms with Crippen LogP contribution in [0.1, 0.15) is 36.8 Å². The van der Waals surface area contributed by atoms with Gasteiger partial charge in [0.2, 0.25) is 0 Å². The van der Waals surface area contributed by atoms with E-state index < -0.39 is 5.63 Å². The number of nitrogens with zero attached hydrogens (tertiary/aromatic N) is 1. The molecule has 1 saturated heterocycles. The maximum atomic E-state index is 13.1. The minimum atomic E-state index is -0.431. The zero-order valence-electron chi connectivity index (χ0n) is 18.4. The molecule has 0 radical (unpaired) electrons. The normalized spacial score (nSPS) is 15.1. The molecule has 6 heteroatoms. The zero-order chi connectivity index (χ0) is 22.0. The van der Waals surface area contributed by atoms with Crippen molar-refractivity contribution in [1.29, 1.82) is 0 Å². The Morgan fingerprint density at radius 3 is 2.39 bits per heavy atom. The van der Waals surface area contributed by atoms with Crippen LogP contribution in [0.4, 0.5) is 0 Å². The highest BCUT2D eigenvalue weighted by Gasteiger charge is 2.21. The van der Waals surface area contributed by atoms with Crippen LogP contribution in [0.15, 0.2) is 39.5 Å². The number of rotatable bonds is 5. The van der Waals surface area contributed by atoms with E-state index in [1.165, 1.54) is 12.8 Å². The van der Waals surface area contributed by atoms with E-state index in [0.717, 1.165) is 36.9 Å². The van der Waals surface area contributed by atoms with Crippen molar-refractivity contribution in [2.24, 2.45) is 0 Å². The van der Waals surface area contributed by atoms with Crippen LogP contribution in [0.2, 0.25) is 0 Å². The zero-order valence-corrected chi connectivity index (χ0v) is 18.4. The molecule has 0 aliphatic carbocycles. The molecule has 0 saturated carbocycles. The molecule has 0 atom stereocenters. The SMILES string of the molecule is COc1ccc(-c2c(C)c3ccc(O)c(CN4CCCCCC4)c3oc2=O)cc1OC. The molecule has 1 aliphatic heterocycles. The number of hydrogen-bond acceptors (Lipinski definition) is 6. The molecule has 164 valence electrons. The van der Waals surface area contributed by atoms with Crippen molar-refractivity contribution in [2.45, 2.75) is 39.2 Å². The Bertz CT molecular complexity index is 1140. The number of phenols is 1. The van der Waals surface area contributed by atoms with Gasteiger partial charge in [0.25, 0.3) is 0 Å². The van der Waals surface area contributed by atoms with Gasteiger partial charge in [0.05, 0.1) is 25.3 Å². The lowest BCUT2D eigenvalue weighted by Crippen LogP contribution is -2.24. The van der Waals surface area contributed by atoms with Gasteiger partial charge in [0.15, 0.2) is 11.5 Å². The monoisotopic (exact) mass is 423 g/mol. The molecular weight excluding hydrogens is 394 g/mol. The van der Waals surface area contributed by atoms with E-state index in [4.69, 9.17) is 13.9 Å². The van der Waals surface area contributed by atoms with E-state index in [0.29, 0.717) is 40.3 Å². The van der Waals surface area contributed by atoms with E-state index in [1.54, 1.807) is 32.4 Å². The standard InChI is InChI=1S/C25H29NO5/c1-16-18-9-10-20(27)19(15-26-12-6-4-5-7-13-26)24(18)31-25(28)23(16)17-8-11-21(29-2)22(14-17)30-3/h8-11,14,27H,4-7,12-13,15H2,1-3H3. The van der Waals surface area contributed by atoms with E-state index in [1.807, 2.05) is 19.1 Å². The van der Waals surface area contributed by atoms with Crippen molar-refractivity contribution in [3.63, 3.8) is 0 Å². The van der Waals surface area contributed by atoms with E-state index in [9.17, 15) is 9.90 Å². The first-order chi connectivity index (χ1) is 15.0. The molecule has 0 amide bonds. The van der Waals surface area contributed by atoms with Gasteiger partial charge in [0, 0.05) is 11.9 Å². The van der Waals surface area contributed by atoms with Crippen molar-refractivity contribution in [1.82, 2.24) is 4.90 Å². The molecule has 31 heavy (non-hydrogen) atoms. The second kappa shape index (κ2) is 9.02. The van der Waals surface area contributed by atoms with Crippen LogP contribution in [-0.2, 0) is 6.54 Å². The van der Waals surface area contributed by atoms with Gasteiger partial charge in [-0.15, -0.1) is 0 Å². The third-order valence-electron chi connectivity index (χ3n) is 6.17. The average molecular weight is 424 g/mol. The van der Waals surface area contributed by atoms with E-state index >= 15 is 0 Å². The van der Waals surface area contributed by atoms with Crippen LogP contribution < -0.4 is 15.1 Å². The molecule has 1 aliphatic rings. The number of likely N-dealkylation sites (tertiary alicyclic amines) is 1. The molecule has 1 fully saturated rings. The first-order valence-corrected chi connectivity index (χ1v) is 10.8. The Hall–Kier alpha value is -2.99. The van der Waals surface area contributed by atoms with Gasteiger partial charge in [0.1, 0.15) is 11.3 Å². The van der Waals surface area contributed by atoms with Gasteiger partial charge in [-0.2, -0.15) is 0 Å². The largest absolute Gasteiger partial charge is 0.507 e. The van der Waals surface area contributed by atoms with Crippen LogP contribution >= 0.6 is 0 Å². The molecule has 0 spiro atoms. The van der Waals surface area contributed by atoms with Gasteiger partial charge in [-0.25, -0.2) is 4.79 Å². The Morgan fingerprint density at radius 2 is 1.71 bits per heavy atom. The number of phenolic OH excluding ortho intramolecular Hbond substituents is 1. The topological polar surface area (TPSA) is 72.1 Å². The van der Waals surface area contributed by atoms with Gasteiger partial charge in [-0.05, 0) is 68.2 Å². The summed E-state index contributed by atoms with van der Waals surface area (Å²) >= 11 is 0. The Balaban J connectivity index is 1.82. The molecule has 2 aromatic carbocycles. The van der Waals surface area contributed by atoms with Crippen LogP contribution in [-0.4, -0.2) is 37.3 Å². The first kappa shape index (κ1) is 21.2. The smallest absolute Gasteiger partial charge is 0.344 e. The van der Waals surface area contributed by atoms with Crippen molar-refractivity contribution < 1.29 is 19.0 Å². The highest BCUT2D eigenvalue weighted by Crippen LogP contribution is 2.36. The van der Waals surface area contributed by atoms with Crippen molar-refractivity contribution in [3.05, 3.63) is 51.9 Å².